The maximum atomic E-state index is 12.6. The van der Waals surface area contributed by atoms with Gasteiger partial charge in [0.15, 0.2) is 0 Å². The molecule has 0 saturated heterocycles. The molecule has 0 radical (unpaired) electrons. The van der Waals surface area contributed by atoms with E-state index in [4.69, 9.17) is 44.7 Å². The molecule has 4 amide bonds. The predicted octanol–water partition coefficient (Wildman–Crippen LogP) is 10.7. The largest absolute Gasteiger partial charge is 0.478 e. The number of benzene rings is 3. The molecule has 95 heavy (non-hydrogen) atoms. The Kier molecular flexibility index (Phi) is 27.2. The minimum Gasteiger partial charge on any atom is -0.478 e. The van der Waals surface area contributed by atoms with Crippen molar-refractivity contribution in [1.82, 2.24) is 35.0 Å². The van der Waals surface area contributed by atoms with E-state index in [2.05, 4.69) is 49.0 Å². The molecule has 2 aliphatic heterocycles. The van der Waals surface area contributed by atoms with Gasteiger partial charge in [-0.05, 0) is 123 Å². The van der Waals surface area contributed by atoms with Gasteiger partial charge in [-0.15, -0.1) is 0 Å². The number of aromatic nitrogens is 3. The number of carbonyl (C=O) groups is 8. The number of carbonyl (C=O) groups excluding carboxylic acids is 7. The lowest BCUT2D eigenvalue weighted by Gasteiger charge is -2.28. The summed E-state index contributed by atoms with van der Waals surface area (Å²) in [7, 11) is 0. The van der Waals surface area contributed by atoms with Crippen LogP contribution in [0.2, 0.25) is 0 Å². The van der Waals surface area contributed by atoms with E-state index in [-0.39, 0.29) is 71.4 Å². The molecule has 524 valence electrons. The van der Waals surface area contributed by atoms with Crippen molar-refractivity contribution in [3.8, 4) is 0 Å². The first-order valence-corrected chi connectivity index (χ1v) is 32.0. The molecule has 2 aliphatic rings. The summed E-state index contributed by atoms with van der Waals surface area (Å²) < 4.78 is 31.5. The van der Waals surface area contributed by atoms with Crippen LogP contribution in [0.25, 0.3) is 32.7 Å². The third kappa shape index (κ3) is 24.0. The molecular weight excluding hydrogens is 1220 g/mol. The highest BCUT2D eigenvalue weighted by Gasteiger charge is 2.32. The van der Waals surface area contributed by atoms with E-state index in [0.717, 1.165) is 33.7 Å². The van der Waals surface area contributed by atoms with Crippen LogP contribution in [-0.2, 0) is 43.3 Å². The molecule has 24 nitrogen and oxygen atoms in total. The fourth-order valence-electron chi connectivity index (χ4n) is 9.48. The fraction of sp³-hybridized carbons (Fsp3) is 0.549. The van der Waals surface area contributed by atoms with E-state index in [0.29, 0.717) is 86.1 Å². The fourth-order valence-corrected chi connectivity index (χ4v) is 9.48. The summed E-state index contributed by atoms with van der Waals surface area (Å²) in [6.07, 6.45) is -0.947. The summed E-state index contributed by atoms with van der Waals surface area (Å²) in [4.78, 5) is 95.6. The third-order valence-electron chi connectivity index (χ3n) is 14.8. The molecule has 6 aromatic rings. The molecule has 8 rings (SSSR count). The highest BCUT2D eigenvalue weighted by molar-refractivity contribution is 6.03. The SMILES string of the molecule is CC(C)(CN)CO.CC(C)(CO)CNC(=O)OC(C)(C)C.CC1(C)CNC(=O)c2cc3ccc(C(=O)O)cc3n2C1.CCOC(=O)c1ccc2cc(C(=O)OCC)n(CC(C)(C)CNC(=O)OC(C)(C)C)c2c1.CCOC(=O)c1ccc2cc3n(c2c1)CC(C)(C)CNC3=O. The number of esters is 3. The molecule has 0 unspecified atom stereocenters. The first kappa shape index (κ1) is 79.0. The number of aromatic carboxylic acids is 1. The number of alkyl carbamates (subject to hydrolysis) is 2. The minimum absolute atomic E-state index is 0.0306. The van der Waals surface area contributed by atoms with Crippen LogP contribution < -0.4 is 27.0 Å². The van der Waals surface area contributed by atoms with Crippen molar-refractivity contribution in [3.63, 3.8) is 0 Å². The summed E-state index contributed by atoms with van der Waals surface area (Å²) >= 11 is 0. The molecule has 0 bridgehead atoms. The van der Waals surface area contributed by atoms with Crippen molar-refractivity contribution < 1.29 is 77.4 Å². The summed E-state index contributed by atoms with van der Waals surface area (Å²) in [5.74, 6) is -2.34. The molecule has 3 aromatic carbocycles. The first-order chi connectivity index (χ1) is 43.9. The Hall–Kier alpha value is -8.48. The lowest BCUT2D eigenvalue weighted by molar-refractivity contribution is 0.0481. The van der Waals surface area contributed by atoms with Crippen LogP contribution in [0.15, 0.2) is 72.8 Å². The summed E-state index contributed by atoms with van der Waals surface area (Å²) in [5, 5.41) is 40.5. The monoisotopic (exact) mass is 1320 g/mol. The Bertz CT molecular complexity index is 3680. The summed E-state index contributed by atoms with van der Waals surface area (Å²) in [6, 6.07) is 21.0. The van der Waals surface area contributed by atoms with Crippen LogP contribution in [0, 0.1) is 27.1 Å². The summed E-state index contributed by atoms with van der Waals surface area (Å²) in [5.41, 5.74) is 8.39. The van der Waals surface area contributed by atoms with Gasteiger partial charge in [-0.2, -0.15) is 0 Å². The van der Waals surface area contributed by atoms with E-state index >= 15 is 0 Å². The number of rotatable bonds is 16. The first-order valence-electron chi connectivity index (χ1n) is 32.0. The number of fused-ring (bicyclic) bond motifs is 7. The van der Waals surface area contributed by atoms with Gasteiger partial charge in [-0.25, -0.2) is 28.8 Å². The second-order valence-corrected chi connectivity index (χ2v) is 29.6. The quantitative estimate of drug-likeness (QED) is 0.0330. The molecule has 9 N–H and O–H groups in total. The highest BCUT2D eigenvalue weighted by atomic mass is 16.6. The van der Waals surface area contributed by atoms with E-state index in [9.17, 15) is 38.4 Å². The number of hydrogen-bond donors (Lipinski definition) is 8. The minimum atomic E-state index is -0.959. The van der Waals surface area contributed by atoms with Crippen LogP contribution in [0.5, 0.6) is 0 Å². The van der Waals surface area contributed by atoms with E-state index < -0.39 is 46.7 Å². The predicted molar refractivity (Wildman–Crippen MR) is 366 cm³/mol. The van der Waals surface area contributed by atoms with Crippen molar-refractivity contribution in [1.29, 1.82) is 0 Å². The number of amides is 4. The Morgan fingerprint density at radius 3 is 1.26 bits per heavy atom. The molecule has 0 spiro atoms. The number of ether oxygens (including phenoxy) is 5. The smallest absolute Gasteiger partial charge is 0.407 e. The van der Waals surface area contributed by atoms with Gasteiger partial charge >= 0.3 is 36.1 Å². The van der Waals surface area contributed by atoms with E-state index in [1.807, 2.05) is 100 Å². The Balaban J connectivity index is 0.000000269. The second kappa shape index (κ2) is 32.8. The number of aliphatic hydroxyl groups excluding tert-OH is 2. The number of carboxylic acid groups (broad SMARTS) is 1. The molecule has 0 atom stereocenters. The van der Waals surface area contributed by atoms with Gasteiger partial charge in [-0.1, -0.05) is 87.4 Å². The molecular formula is C71H104N8O16. The van der Waals surface area contributed by atoms with Gasteiger partial charge in [0, 0.05) is 119 Å². The number of nitrogens with two attached hydrogens (primary N) is 1. The van der Waals surface area contributed by atoms with Gasteiger partial charge in [0.1, 0.15) is 28.3 Å². The zero-order chi connectivity index (χ0) is 71.8. The second-order valence-electron chi connectivity index (χ2n) is 29.6. The van der Waals surface area contributed by atoms with Gasteiger partial charge in [0.25, 0.3) is 11.8 Å². The number of aliphatic hydroxyl groups is 2. The van der Waals surface area contributed by atoms with Crippen LogP contribution >= 0.6 is 0 Å². The summed E-state index contributed by atoms with van der Waals surface area (Å²) in [6.45, 7) is 41.4. The van der Waals surface area contributed by atoms with Crippen molar-refractivity contribution in [2.24, 2.45) is 32.8 Å². The van der Waals surface area contributed by atoms with E-state index in [1.165, 1.54) is 0 Å². The number of hydrogen-bond acceptors (Lipinski definition) is 16. The Morgan fingerprint density at radius 2 is 0.895 bits per heavy atom. The van der Waals surface area contributed by atoms with Crippen LogP contribution in [0.3, 0.4) is 0 Å². The molecule has 0 saturated carbocycles. The van der Waals surface area contributed by atoms with Crippen LogP contribution in [0.4, 0.5) is 9.59 Å². The Labute approximate surface area is 558 Å². The topological polar surface area (TPSA) is 332 Å². The van der Waals surface area contributed by atoms with Crippen molar-refractivity contribution in [2.75, 3.05) is 65.8 Å². The molecule has 5 heterocycles. The zero-order valence-electron chi connectivity index (χ0n) is 59.2. The normalized spacial score (nSPS) is 14.3. The zero-order valence-corrected chi connectivity index (χ0v) is 59.2. The molecule has 3 aromatic heterocycles. The molecule has 24 heteroatoms. The average molecular weight is 1330 g/mol. The third-order valence-corrected chi connectivity index (χ3v) is 14.8. The highest BCUT2D eigenvalue weighted by Crippen LogP contribution is 2.32. The van der Waals surface area contributed by atoms with Crippen molar-refractivity contribution >= 4 is 80.6 Å². The van der Waals surface area contributed by atoms with Crippen LogP contribution in [-0.4, -0.2) is 154 Å². The van der Waals surface area contributed by atoms with Gasteiger partial charge in [-0.3, -0.25) is 9.59 Å². The van der Waals surface area contributed by atoms with Gasteiger partial charge in [0.2, 0.25) is 0 Å². The maximum Gasteiger partial charge on any atom is 0.407 e. The van der Waals surface area contributed by atoms with Crippen molar-refractivity contribution in [3.05, 3.63) is 107 Å². The van der Waals surface area contributed by atoms with Gasteiger partial charge < -0.3 is 79.7 Å². The van der Waals surface area contributed by atoms with Crippen molar-refractivity contribution in [2.45, 2.75) is 162 Å². The maximum absolute atomic E-state index is 12.6. The number of carboxylic acids is 1. The Morgan fingerprint density at radius 1 is 0.526 bits per heavy atom. The average Bonchev–Trinajstić information content (AvgIpc) is 1.64. The number of nitrogens with zero attached hydrogens (tertiary/aromatic N) is 3. The van der Waals surface area contributed by atoms with E-state index in [1.54, 1.807) is 90.1 Å². The molecule has 0 aliphatic carbocycles. The van der Waals surface area contributed by atoms with Gasteiger partial charge in [0.05, 0.1) is 36.5 Å². The molecule has 0 fully saturated rings. The van der Waals surface area contributed by atoms with Crippen LogP contribution in [0.1, 0.15) is 194 Å². The standard InChI is InChI=1S/C24H34N2O6.C17H20N2O3.C15H16N2O3.C10H21NO3.C5H13NO/c1-8-30-20(27)17-11-10-16-12-19(21(28)31-9-2)26(18(16)13-17)15-24(6,7)14-25-22(29)32-23(3,4)5;1-4-22-16(21)12-6-5-11-7-14-15(20)18-9-17(2,3)10-19(14)13(11)8-12;1-15(2)7-16-13(18)12-5-9-3-4-10(14(19)20)6-11(9)17(12)8-15;1-9(2,3)14-8(13)11-6-10(4,5)7-12;1-5(2,3-6)4-7/h10-13H,8-9,14-15H2,1-7H3,(H,25,29);5-8H,4,9-10H2,1-3H3,(H,18,20);3-6H,7-8H2,1-2H3,(H,16,18)(H,19,20);12H,6-7H2,1-5H3,(H,11,13);7H,3-4,6H2,1-2H3. The lowest BCUT2D eigenvalue weighted by Crippen LogP contribution is -2.39. The number of nitrogens with one attached hydrogen (secondary N) is 4. The lowest BCUT2D eigenvalue weighted by atomic mass is 9.93.